The third kappa shape index (κ3) is 2.99. The minimum absolute atomic E-state index is 0.0246. The molecule has 0 aromatic heterocycles. The first-order chi connectivity index (χ1) is 14.2. The van der Waals surface area contributed by atoms with Gasteiger partial charge in [-0.05, 0) is 71.7 Å². The van der Waals surface area contributed by atoms with Crippen molar-refractivity contribution < 1.29 is 24.4 Å². The third-order valence-electron chi connectivity index (χ3n) is 7.78. The zero-order chi connectivity index (χ0) is 21.8. The van der Waals surface area contributed by atoms with Crippen LogP contribution in [0.4, 0.5) is 0 Å². The second kappa shape index (κ2) is 7.66. The highest BCUT2D eigenvalue weighted by Gasteiger charge is 2.69. The quantitative estimate of drug-likeness (QED) is 0.708. The van der Waals surface area contributed by atoms with E-state index in [4.69, 9.17) is 14.2 Å². The Hall–Kier alpha value is -1.34. The van der Waals surface area contributed by atoms with E-state index < -0.39 is 17.1 Å². The van der Waals surface area contributed by atoms with Crippen LogP contribution in [0.15, 0.2) is 12.1 Å². The van der Waals surface area contributed by atoms with Crippen molar-refractivity contribution >= 4 is 0 Å². The average Bonchev–Trinajstić information content (AvgIpc) is 3.02. The minimum Gasteiger partial charge on any atom is -0.493 e. The molecule has 1 aromatic rings. The van der Waals surface area contributed by atoms with Crippen molar-refractivity contribution in [1.29, 1.82) is 0 Å². The number of likely N-dealkylation sites (tertiary alicyclic amines) is 1. The van der Waals surface area contributed by atoms with E-state index in [-0.39, 0.29) is 24.4 Å². The summed E-state index contributed by atoms with van der Waals surface area (Å²) < 4.78 is 18.8. The molecule has 1 saturated heterocycles. The summed E-state index contributed by atoms with van der Waals surface area (Å²) in [5.41, 5.74) is 0.849. The highest BCUT2D eigenvalue weighted by Crippen LogP contribution is 2.62. The van der Waals surface area contributed by atoms with E-state index in [1.165, 1.54) is 5.56 Å². The zero-order valence-corrected chi connectivity index (χ0v) is 19.1. The maximum atomic E-state index is 12.1. The SMILES string of the molecule is CC[C@@H](O[C@@H](C)CC(C)O)C1Oc2c(OC)ccc3c2[C@@]12CCN(C)[C@H](C3)C2(C)O. The van der Waals surface area contributed by atoms with E-state index in [2.05, 4.69) is 24.9 Å². The van der Waals surface area contributed by atoms with Crippen molar-refractivity contribution in [2.75, 3.05) is 20.7 Å². The highest BCUT2D eigenvalue weighted by atomic mass is 16.6. The molecule has 7 atom stereocenters. The summed E-state index contributed by atoms with van der Waals surface area (Å²) >= 11 is 0. The number of fused-ring (bicyclic) bond motifs is 1. The smallest absolute Gasteiger partial charge is 0.166 e. The molecule has 30 heavy (non-hydrogen) atoms. The molecule has 2 bridgehead atoms. The average molecular weight is 420 g/mol. The number of methoxy groups -OCH3 is 1. The number of aliphatic hydroxyl groups is 2. The molecule has 2 aliphatic heterocycles. The fourth-order valence-corrected chi connectivity index (χ4v) is 6.38. The van der Waals surface area contributed by atoms with Gasteiger partial charge in [-0.25, -0.2) is 0 Å². The molecule has 4 rings (SSSR count). The Morgan fingerprint density at radius 1 is 1.33 bits per heavy atom. The van der Waals surface area contributed by atoms with Gasteiger partial charge in [-0.3, -0.25) is 0 Å². The number of nitrogens with zero attached hydrogens (tertiary/aromatic N) is 1. The maximum absolute atomic E-state index is 12.1. The summed E-state index contributed by atoms with van der Waals surface area (Å²) in [6.45, 7) is 8.76. The molecule has 1 spiro atoms. The Morgan fingerprint density at radius 2 is 2.07 bits per heavy atom. The number of benzene rings is 1. The molecule has 3 unspecified atom stereocenters. The van der Waals surface area contributed by atoms with Crippen molar-refractivity contribution in [3.05, 3.63) is 23.3 Å². The van der Waals surface area contributed by atoms with E-state index in [1.54, 1.807) is 14.0 Å². The summed E-state index contributed by atoms with van der Waals surface area (Å²) in [6.07, 6.45) is 1.90. The molecule has 0 amide bonds. The van der Waals surface area contributed by atoms with Crippen molar-refractivity contribution in [3.8, 4) is 11.5 Å². The molecule has 1 aliphatic carbocycles. The van der Waals surface area contributed by atoms with Gasteiger partial charge >= 0.3 is 0 Å². The lowest BCUT2D eigenvalue weighted by molar-refractivity contribution is -0.178. The van der Waals surface area contributed by atoms with Gasteiger partial charge in [0.1, 0.15) is 6.10 Å². The molecule has 0 saturated carbocycles. The van der Waals surface area contributed by atoms with E-state index in [0.717, 1.165) is 42.9 Å². The van der Waals surface area contributed by atoms with Gasteiger partial charge in [-0.1, -0.05) is 13.0 Å². The van der Waals surface area contributed by atoms with Gasteiger partial charge in [0, 0.05) is 11.6 Å². The first kappa shape index (κ1) is 21.9. The lowest BCUT2D eigenvalue weighted by Gasteiger charge is -2.60. The van der Waals surface area contributed by atoms with E-state index >= 15 is 0 Å². The number of likely N-dealkylation sites (N-methyl/N-ethyl adjacent to an activating group) is 1. The van der Waals surface area contributed by atoms with Gasteiger partial charge < -0.3 is 29.3 Å². The Bertz CT molecular complexity index is 794. The van der Waals surface area contributed by atoms with Crippen molar-refractivity contribution in [2.45, 2.75) is 94.9 Å². The number of ether oxygens (including phenoxy) is 3. The van der Waals surface area contributed by atoms with Gasteiger partial charge in [0.05, 0.1) is 36.4 Å². The first-order valence-electron chi connectivity index (χ1n) is 11.3. The van der Waals surface area contributed by atoms with Crippen LogP contribution in [0.3, 0.4) is 0 Å². The molecule has 3 aliphatic rings. The van der Waals surface area contributed by atoms with Crippen LogP contribution in [0.25, 0.3) is 0 Å². The standard InChI is InChI=1S/C24H37NO5/c1-7-17(29-15(3)12-14(2)26)22-24-10-11-25(5)19(23(24,4)27)13-16-8-9-18(28-6)21(30-22)20(16)24/h8-9,14-15,17,19,22,26-27H,7,10-13H2,1-6H3/t14?,15-,17+,19+,22?,23?,24-/m0/s1. The molecule has 2 heterocycles. The summed E-state index contributed by atoms with van der Waals surface area (Å²) in [4.78, 5) is 2.28. The molecule has 1 fully saturated rings. The topological polar surface area (TPSA) is 71.4 Å². The number of hydrogen-bond donors (Lipinski definition) is 2. The highest BCUT2D eigenvalue weighted by molar-refractivity contribution is 5.62. The Kier molecular flexibility index (Phi) is 5.59. The second-order valence-corrected chi connectivity index (χ2v) is 9.72. The van der Waals surface area contributed by atoms with E-state index in [0.29, 0.717) is 6.42 Å². The van der Waals surface area contributed by atoms with Gasteiger partial charge in [-0.2, -0.15) is 0 Å². The first-order valence-corrected chi connectivity index (χ1v) is 11.3. The van der Waals surface area contributed by atoms with Crippen LogP contribution in [-0.2, 0) is 16.6 Å². The molecular formula is C24H37NO5. The Labute approximate surface area is 180 Å². The molecule has 2 N–H and O–H groups in total. The summed E-state index contributed by atoms with van der Waals surface area (Å²) in [5, 5.41) is 21.9. The lowest BCUT2D eigenvalue weighted by Crippen LogP contribution is -2.73. The van der Waals surface area contributed by atoms with Crippen LogP contribution in [0.5, 0.6) is 11.5 Å². The fraction of sp³-hybridized carbons (Fsp3) is 0.750. The molecule has 6 heteroatoms. The van der Waals surface area contributed by atoms with E-state index in [9.17, 15) is 10.2 Å². The number of piperidine rings is 1. The molecular weight excluding hydrogens is 382 g/mol. The normalized spacial score (nSPS) is 35.3. The third-order valence-corrected chi connectivity index (χ3v) is 7.78. The van der Waals surface area contributed by atoms with Gasteiger partial charge in [0.25, 0.3) is 0 Å². The number of aliphatic hydroxyl groups excluding tert-OH is 1. The zero-order valence-electron chi connectivity index (χ0n) is 19.1. The summed E-state index contributed by atoms with van der Waals surface area (Å²) in [7, 11) is 3.77. The van der Waals surface area contributed by atoms with Gasteiger partial charge in [-0.15, -0.1) is 0 Å². The molecule has 6 nitrogen and oxygen atoms in total. The lowest BCUT2D eigenvalue weighted by atomic mass is 9.53. The van der Waals surface area contributed by atoms with Gasteiger partial charge in [0.2, 0.25) is 0 Å². The predicted molar refractivity (Wildman–Crippen MR) is 115 cm³/mol. The van der Waals surface area contributed by atoms with Crippen LogP contribution >= 0.6 is 0 Å². The van der Waals surface area contributed by atoms with Crippen LogP contribution in [0.2, 0.25) is 0 Å². The summed E-state index contributed by atoms with van der Waals surface area (Å²) in [6, 6.07) is 4.14. The van der Waals surface area contributed by atoms with Crippen molar-refractivity contribution in [1.82, 2.24) is 4.90 Å². The Morgan fingerprint density at radius 3 is 2.70 bits per heavy atom. The molecule has 0 radical (unpaired) electrons. The van der Waals surface area contributed by atoms with Gasteiger partial charge in [0.15, 0.2) is 11.5 Å². The van der Waals surface area contributed by atoms with Crippen molar-refractivity contribution in [3.63, 3.8) is 0 Å². The monoisotopic (exact) mass is 419 g/mol. The minimum atomic E-state index is -0.959. The molecule has 1 aromatic carbocycles. The number of hydrogen-bond acceptors (Lipinski definition) is 6. The predicted octanol–water partition coefficient (Wildman–Crippen LogP) is 2.66. The van der Waals surface area contributed by atoms with Crippen LogP contribution in [-0.4, -0.2) is 71.9 Å². The van der Waals surface area contributed by atoms with Crippen LogP contribution < -0.4 is 9.47 Å². The fourth-order valence-electron chi connectivity index (χ4n) is 6.38. The van der Waals surface area contributed by atoms with Crippen LogP contribution in [0.1, 0.15) is 58.1 Å². The van der Waals surface area contributed by atoms with Crippen LogP contribution in [0, 0.1) is 0 Å². The molecule has 168 valence electrons. The largest absolute Gasteiger partial charge is 0.493 e. The maximum Gasteiger partial charge on any atom is 0.166 e. The number of rotatable bonds is 7. The van der Waals surface area contributed by atoms with E-state index in [1.807, 2.05) is 19.9 Å². The Balaban J connectivity index is 1.83. The second-order valence-electron chi connectivity index (χ2n) is 9.72. The summed E-state index contributed by atoms with van der Waals surface area (Å²) in [5.74, 6) is 1.49. The van der Waals surface area contributed by atoms with Crippen molar-refractivity contribution in [2.24, 2.45) is 0 Å².